The first-order valence-electron chi connectivity index (χ1n) is 6.36. The molecule has 8 heteroatoms. The molecule has 0 saturated heterocycles. The Bertz CT molecular complexity index is 895. The zero-order valence-corrected chi connectivity index (χ0v) is 11.2. The number of benzene rings is 1. The molecule has 1 aromatic carbocycles. The van der Waals surface area contributed by atoms with Gasteiger partial charge in [-0.05, 0) is 17.0 Å². The van der Waals surface area contributed by atoms with Gasteiger partial charge < -0.3 is 10.3 Å². The van der Waals surface area contributed by atoms with E-state index in [1.165, 1.54) is 17.0 Å². The fourth-order valence-corrected chi connectivity index (χ4v) is 2.32. The molecule has 5 nitrogen and oxygen atoms in total. The Kier molecular flexibility index (Phi) is 3.25. The van der Waals surface area contributed by atoms with Gasteiger partial charge in [0.1, 0.15) is 5.56 Å². The molecular formula is C14H11F3N4O. The minimum absolute atomic E-state index is 0.318. The Hall–Kier alpha value is -2.61. The number of rotatable bonds is 2. The number of fused-ring (bicyclic) bond motifs is 1. The van der Waals surface area contributed by atoms with Crippen molar-refractivity contribution in [2.75, 3.05) is 0 Å². The van der Waals surface area contributed by atoms with Gasteiger partial charge in [0.15, 0.2) is 0 Å². The zero-order chi connectivity index (χ0) is 15.9. The van der Waals surface area contributed by atoms with Crippen molar-refractivity contribution in [3.8, 4) is 5.69 Å². The summed E-state index contributed by atoms with van der Waals surface area (Å²) in [7, 11) is 0. The molecule has 0 fully saturated rings. The Morgan fingerprint density at radius 3 is 2.64 bits per heavy atom. The Balaban J connectivity index is 2.24. The van der Waals surface area contributed by atoms with E-state index in [4.69, 9.17) is 5.73 Å². The first-order valence-corrected chi connectivity index (χ1v) is 6.36. The molecule has 3 aromatic rings. The van der Waals surface area contributed by atoms with E-state index in [1.807, 2.05) is 5.10 Å². The van der Waals surface area contributed by atoms with Crippen molar-refractivity contribution in [1.29, 1.82) is 0 Å². The molecule has 0 radical (unpaired) electrons. The van der Waals surface area contributed by atoms with Gasteiger partial charge in [0, 0.05) is 24.3 Å². The van der Waals surface area contributed by atoms with E-state index < -0.39 is 17.3 Å². The molecule has 0 aliphatic carbocycles. The molecule has 2 heterocycles. The first-order chi connectivity index (χ1) is 10.4. The van der Waals surface area contributed by atoms with Crippen molar-refractivity contribution in [2.45, 2.75) is 12.7 Å². The summed E-state index contributed by atoms with van der Waals surface area (Å²) in [5.41, 5.74) is 3.55. The minimum atomic E-state index is -4.77. The molecule has 0 bridgehead atoms. The van der Waals surface area contributed by atoms with Crippen LogP contribution >= 0.6 is 0 Å². The van der Waals surface area contributed by atoms with Gasteiger partial charge in [0.25, 0.3) is 5.56 Å². The highest BCUT2D eigenvalue weighted by Gasteiger charge is 2.37. The number of aromatic nitrogens is 3. The molecular weight excluding hydrogens is 297 g/mol. The molecule has 3 rings (SSSR count). The summed E-state index contributed by atoms with van der Waals surface area (Å²) >= 11 is 0. The SMILES string of the molecule is NCc1ccc2cn(-c3cn[nH]c(=O)c3C(F)(F)F)cc2c1. The number of hydrogen-bond donors (Lipinski definition) is 2. The smallest absolute Gasteiger partial charge is 0.326 e. The Morgan fingerprint density at radius 1 is 1.23 bits per heavy atom. The number of halogens is 3. The summed E-state index contributed by atoms with van der Waals surface area (Å²) in [6.45, 7) is 0.335. The van der Waals surface area contributed by atoms with Gasteiger partial charge in [-0.2, -0.15) is 18.3 Å². The van der Waals surface area contributed by atoms with Crippen LogP contribution in [0.5, 0.6) is 0 Å². The van der Waals surface area contributed by atoms with Crippen molar-refractivity contribution < 1.29 is 13.2 Å². The molecule has 0 saturated carbocycles. The topological polar surface area (TPSA) is 76.7 Å². The van der Waals surface area contributed by atoms with E-state index in [2.05, 4.69) is 5.10 Å². The summed E-state index contributed by atoms with van der Waals surface area (Å²) in [5.74, 6) is 0. The van der Waals surface area contributed by atoms with Crippen LogP contribution in [0.2, 0.25) is 0 Å². The van der Waals surface area contributed by atoms with Crippen LogP contribution in [0.25, 0.3) is 16.5 Å². The lowest BCUT2D eigenvalue weighted by Gasteiger charge is -2.11. The van der Waals surface area contributed by atoms with Gasteiger partial charge in [0.2, 0.25) is 0 Å². The second kappa shape index (κ2) is 4.99. The first kappa shape index (κ1) is 14.3. The average molecular weight is 308 g/mol. The third kappa shape index (κ3) is 2.37. The fraction of sp³-hybridized carbons (Fsp3) is 0.143. The van der Waals surface area contributed by atoms with Gasteiger partial charge in [-0.25, -0.2) is 5.10 Å². The molecule has 114 valence electrons. The van der Waals surface area contributed by atoms with Gasteiger partial charge in [-0.3, -0.25) is 4.79 Å². The van der Waals surface area contributed by atoms with Gasteiger partial charge in [-0.1, -0.05) is 12.1 Å². The number of nitrogens with zero attached hydrogens (tertiary/aromatic N) is 2. The molecule has 0 aliphatic rings. The highest BCUT2D eigenvalue weighted by molar-refractivity contribution is 5.83. The summed E-state index contributed by atoms with van der Waals surface area (Å²) in [6.07, 6.45) is -0.765. The van der Waals surface area contributed by atoms with Crippen molar-refractivity contribution in [1.82, 2.24) is 14.8 Å². The predicted octanol–water partition coefficient (Wildman–Crippen LogP) is 2.19. The highest BCUT2D eigenvalue weighted by Crippen LogP contribution is 2.31. The highest BCUT2D eigenvalue weighted by atomic mass is 19.4. The summed E-state index contributed by atoms with van der Waals surface area (Å²) in [4.78, 5) is 11.5. The number of H-pyrrole nitrogens is 1. The van der Waals surface area contributed by atoms with Crippen LogP contribution in [0.4, 0.5) is 13.2 Å². The molecule has 22 heavy (non-hydrogen) atoms. The van der Waals surface area contributed by atoms with Crippen LogP contribution in [0.1, 0.15) is 11.1 Å². The second-order valence-corrected chi connectivity index (χ2v) is 4.79. The maximum absolute atomic E-state index is 13.1. The lowest BCUT2D eigenvalue weighted by molar-refractivity contribution is -0.138. The Morgan fingerprint density at radius 2 is 1.95 bits per heavy atom. The van der Waals surface area contributed by atoms with E-state index in [0.29, 0.717) is 6.54 Å². The quantitative estimate of drug-likeness (QED) is 0.762. The van der Waals surface area contributed by atoms with Crippen LogP contribution in [0, 0.1) is 0 Å². The van der Waals surface area contributed by atoms with Crippen molar-refractivity contribution in [3.63, 3.8) is 0 Å². The van der Waals surface area contributed by atoms with Crippen molar-refractivity contribution >= 4 is 10.8 Å². The normalized spacial score (nSPS) is 12.0. The maximum atomic E-state index is 13.1. The van der Waals surface area contributed by atoms with Crippen LogP contribution in [0.3, 0.4) is 0 Å². The molecule has 0 amide bonds. The zero-order valence-electron chi connectivity index (χ0n) is 11.2. The largest absolute Gasteiger partial charge is 0.423 e. The maximum Gasteiger partial charge on any atom is 0.423 e. The Labute approximate surface area is 122 Å². The number of nitrogens with two attached hydrogens (primary N) is 1. The van der Waals surface area contributed by atoms with Crippen molar-refractivity contribution in [3.05, 3.63) is 58.3 Å². The number of alkyl halides is 3. The number of aromatic amines is 1. The third-order valence-corrected chi connectivity index (χ3v) is 3.34. The second-order valence-electron chi connectivity index (χ2n) is 4.79. The van der Waals surface area contributed by atoms with Crippen LogP contribution < -0.4 is 11.3 Å². The number of hydrogen-bond acceptors (Lipinski definition) is 3. The monoisotopic (exact) mass is 308 g/mol. The lowest BCUT2D eigenvalue weighted by Crippen LogP contribution is -2.25. The van der Waals surface area contributed by atoms with Crippen LogP contribution in [-0.4, -0.2) is 14.8 Å². The molecule has 0 unspecified atom stereocenters. The van der Waals surface area contributed by atoms with E-state index in [1.54, 1.807) is 18.2 Å². The summed E-state index contributed by atoms with van der Waals surface area (Å²) < 4.78 is 40.5. The summed E-state index contributed by atoms with van der Waals surface area (Å²) in [5, 5.41) is 6.75. The van der Waals surface area contributed by atoms with Gasteiger partial charge in [0.05, 0.1) is 11.9 Å². The van der Waals surface area contributed by atoms with E-state index >= 15 is 0 Å². The molecule has 0 spiro atoms. The molecule has 0 atom stereocenters. The van der Waals surface area contributed by atoms with E-state index in [9.17, 15) is 18.0 Å². The lowest BCUT2D eigenvalue weighted by atomic mass is 10.1. The van der Waals surface area contributed by atoms with Gasteiger partial charge in [-0.15, -0.1) is 0 Å². The predicted molar refractivity (Wildman–Crippen MR) is 74.6 cm³/mol. The van der Waals surface area contributed by atoms with Crippen molar-refractivity contribution in [2.24, 2.45) is 5.73 Å². The van der Waals surface area contributed by atoms with Gasteiger partial charge >= 0.3 is 6.18 Å². The fourth-order valence-electron chi connectivity index (χ4n) is 2.32. The third-order valence-electron chi connectivity index (χ3n) is 3.34. The van der Waals surface area contributed by atoms with E-state index in [-0.39, 0.29) is 5.69 Å². The molecule has 2 aromatic heterocycles. The number of nitrogens with one attached hydrogen (secondary N) is 1. The van der Waals surface area contributed by atoms with Crippen LogP contribution in [0.15, 0.2) is 41.6 Å². The van der Waals surface area contributed by atoms with Crippen LogP contribution in [-0.2, 0) is 12.7 Å². The average Bonchev–Trinajstić information content (AvgIpc) is 2.88. The molecule has 3 N–H and O–H groups in total. The summed E-state index contributed by atoms with van der Waals surface area (Å²) in [6, 6.07) is 5.36. The molecule has 0 aliphatic heterocycles. The standard InChI is InChI=1S/C14H11F3N4O/c15-14(16,17)12-11(5-19-20-13(12)22)21-6-9-2-1-8(4-18)3-10(9)7-21/h1-3,5-7H,4,18H2,(H,20,22). The van der Waals surface area contributed by atoms with E-state index in [0.717, 1.165) is 22.5 Å². The minimum Gasteiger partial charge on any atom is -0.326 e.